The Labute approximate surface area is 178 Å². The summed E-state index contributed by atoms with van der Waals surface area (Å²) < 4.78 is 41.8. The Kier molecular flexibility index (Phi) is 6.96. The zero-order valence-electron chi connectivity index (χ0n) is 17.1. The van der Waals surface area contributed by atoms with Gasteiger partial charge in [-0.3, -0.25) is 0 Å². The van der Waals surface area contributed by atoms with Crippen LogP contribution < -0.4 is 15.4 Å². The summed E-state index contributed by atoms with van der Waals surface area (Å²) in [6.07, 6.45) is -4.78. The zero-order valence-corrected chi connectivity index (χ0v) is 17.1. The number of halogens is 3. The molecule has 1 aromatic heterocycles. The van der Waals surface area contributed by atoms with Crippen molar-refractivity contribution in [2.24, 2.45) is 0 Å². The summed E-state index contributed by atoms with van der Waals surface area (Å²) in [4.78, 5) is 8.79. The minimum atomic E-state index is -4.78. The fourth-order valence-corrected chi connectivity index (χ4v) is 2.77. The Balaban J connectivity index is 1.89. The van der Waals surface area contributed by atoms with Crippen molar-refractivity contribution in [3.8, 4) is 17.0 Å². The third kappa shape index (κ3) is 6.85. The number of aryl methyl sites for hydroxylation is 1. The third-order valence-corrected chi connectivity index (χ3v) is 4.33. The average molecular weight is 432 g/mol. The van der Waals surface area contributed by atoms with Crippen molar-refractivity contribution in [2.45, 2.75) is 32.8 Å². The Morgan fingerprint density at radius 2 is 1.81 bits per heavy atom. The first-order valence-electron chi connectivity index (χ1n) is 9.64. The van der Waals surface area contributed by atoms with Gasteiger partial charge in [-0.1, -0.05) is 42.0 Å². The van der Waals surface area contributed by atoms with Gasteiger partial charge in [-0.2, -0.15) is 4.98 Å². The van der Waals surface area contributed by atoms with E-state index in [0.29, 0.717) is 23.6 Å². The number of nitrogens with zero attached hydrogens (tertiary/aromatic N) is 2. The van der Waals surface area contributed by atoms with Crippen LogP contribution in [0.4, 0.5) is 24.9 Å². The fraction of sp³-hybridized carbons (Fsp3) is 0.273. The van der Waals surface area contributed by atoms with Crippen LogP contribution in [0.15, 0.2) is 54.6 Å². The summed E-state index contributed by atoms with van der Waals surface area (Å²) in [5.74, 6) is 0.393. The van der Waals surface area contributed by atoms with E-state index in [9.17, 15) is 18.3 Å². The lowest BCUT2D eigenvalue weighted by Gasteiger charge is -2.15. The molecule has 9 heteroatoms. The topological polar surface area (TPSA) is 79.3 Å². The molecule has 3 rings (SSSR count). The van der Waals surface area contributed by atoms with Crippen molar-refractivity contribution in [2.75, 3.05) is 17.2 Å². The predicted molar refractivity (Wildman–Crippen MR) is 113 cm³/mol. The van der Waals surface area contributed by atoms with E-state index in [0.717, 1.165) is 11.1 Å². The molecule has 6 nitrogen and oxygen atoms in total. The van der Waals surface area contributed by atoms with Gasteiger partial charge in [0.05, 0.1) is 12.3 Å². The van der Waals surface area contributed by atoms with Crippen LogP contribution in [-0.2, 0) is 6.54 Å². The number of hydrogen-bond acceptors (Lipinski definition) is 6. The number of ether oxygens (including phenoxy) is 1. The normalized spacial score (nSPS) is 12.3. The van der Waals surface area contributed by atoms with E-state index < -0.39 is 6.36 Å². The van der Waals surface area contributed by atoms with E-state index in [1.54, 1.807) is 19.1 Å². The highest BCUT2D eigenvalue weighted by Crippen LogP contribution is 2.28. The highest BCUT2D eigenvalue weighted by atomic mass is 19.4. The second-order valence-corrected chi connectivity index (χ2v) is 7.10. The molecule has 0 saturated carbocycles. The maximum atomic E-state index is 12.6. The Morgan fingerprint density at radius 3 is 2.48 bits per heavy atom. The molecule has 0 amide bonds. The molecule has 0 spiro atoms. The van der Waals surface area contributed by atoms with Gasteiger partial charge >= 0.3 is 6.36 Å². The van der Waals surface area contributed by atoms with E-state index in [1.165, 1.54) is 18.2 Å². The maximum absolute atomic E-state index is 12.6. The van der Waals surface area contributed by atoms with Crippen molar-refractivity contribution in [1.82, 2.24) is 9.97 Å². The summed E-state index contributed by atoms with van der Waals surface area (Å²) in [5, 5.41) is 15.5. The average Bonchev–Trinajstić information content (AvgIpc) is 2.72. The number of hydrogen-bond donors (Lipinski definition) is 3. The third-order valence-electron chi connectivity index (χ3n) is 4.33. The van der Waals surface area contributed by atoms with Crippen LogP contribution in [0.25, 0.3) is 11.3 Å². The predicted octanol–water partition coefficient (Wildman–Crippen LogP) is 4.76. The number of alkyl halides is 3. The molecule has 0 aliphatic carbocycles. The summed E-state index contributed by atoms with van der Waals surface area (Å²) in [5.41, 5.74) is 3.03. The van der Waals surface area contributed by atoms with Gasteiger partial charge < -0.3 is 20.5 Å². The lowest BCUT2D eigenvalue weighted by atomic mass is 10.1. The van der Waals surface area contributed by atoms with Crippen molar-refractivity contribution in [3.63, 3.8) is 0 Å². The maximum Gasteiger partial charge on any atom is 0.573 e. The SMILES string of the molecule is Cc1ccc(CNc2cc(-c3cccc(OC(F)(F)F)c3)nc(N[C@H](C)CO)n2)cc1. The van der Waals surface area contributed by atoms with Crippen molar-refractivity contribution >= 4 is 11.8 Å². The number of aliphatic hydroxyl groups excluding tert-OH is 1. The summed E-state index contributed by atoms with van der Waals surface area (Å²) in [6.45, 7) is 4.13. The van der Waals surface area contributed by atoms with E-state index in [1.807, 2.05) is 31.2 Å². The molecule has 3 aromatic rings. The molecule has 0 bridgehead atoms. The van der Waals surface area contributed by atoms with Gasteiger partial charge in [-0.05, 0) is 31.5 Å². The number of nitrogens with one attached hydrogen (secondary N) is 2. The molecule has 0 fully saturated rings. The molecule has 1 atom stereocenters. The van der Waals surface area contributed by atoms with Gasteiger partial charge in [0.1, 0.15) is 11.6 Å². The number of anilines is 2. The zero-order chi connectivity index (χ0) is 22.4. The molecule has 0 saturated heterocycles. The van der Waals surface area contributed by atoms with Crippen LogP contribution in [0.3, 0.4) is 0 Å². The van der Waals surface area contributed by atoms with Gasteiger partial charge in [0.25, 0.3) is 0 Å². The van der Waals surface area contributed by atoms with Crippen LogP contribution in [0.2, 0.25) is 0 Å². The largest absolute Gasteiger partial charge is 0.573 e. The van der Waals surface area contributed by atoms with Crippen LogP contribution in [0.5, 0.6) is 5.75 Å². The minimum absolute atomic E-state index is 0.130. The Morgan fingerprint density at radius 1 is 1.06 bits per heavy atom. The summed E-state index contributed by atoms with van der Waals surface area (Å²) in [6, 6.07) is 14.9. The Hall–Kier alpha value is -3.33. The van der Waals surface area contributed by atoms with Gasteiger partial charge in [0.15, 0.2) is 0 Å². The molecule has 3 N–H and O–H groups in total. The molecular formula is C22H23F3N4O2. The second-order valence-electron chi connectivity index (χ2n) is 7.10. The molecule has 0 unspecified atom stereocenters. The van der Waals surface area contributed by atoms with Crippen LogP contribution in [0.1, 0.15) is 18.1 Å². The quantitative estimate of drug-likeness (QED) is 0.477. The van der Waals surface area contributed by atoms with Crippen molar-refractivity contribution < 1.29 is 23.0 Å². The van der Waals surface area contributed by atoms with Crippen molar-refractivity contribution in [3.05, 3.63) is 65.7 Å². The van der Waals surface area contributed by atoms with Crippen LogP contribution in [0, 0.1) is 6.92 Å². The number of rotatable bonds is 8. The van der Waals surface area contributed by atoms with Gasteiger partial charge in [-0.25, -0.2) is 4.98 Å². The highest BCUT2D eigenvalue weighted by Gasteiger charge is 2.31. The first kappa shape index (κ1) is 22.4. The lowest BCUT2D eigenvalue weighted by Crippen LogP contribution is -2.21. The molecule has 2 aromatic carbocycles. The highest BCUT2D eigenvalue weighted by molar-refractivity contribution is 5.66. The number of benzene rings is 2. The summed E-state index contributed by atoms with van der Waals surface area (Å²) in [7, 11) is 0. The molecule has 164 valence electrons. The molecule has 0 aliphatic heterocycles. The van der Waals surface area contributed by atoms with Crippen LogP contribution >= 0.6 is 0 Å². The van der Waals surface area contributed by atoms with Gasteiger partial charge in [0, 0.05) is 24.2 Å². The van der Waals surface area contributed by atoms with E-state index in [-0.39, 0.29) is 24.3 Å². The minimum Gasteiger partial charge on any atom is -0.406 e. The van der Waals surface area contributed by atoms with E-state index >= 15 is 0 Å². The number of aromatic nitrogens is 2. The molecule has 31 heavy (non-hydrogen) atoms. The number of aliphatic hydroxyl groups is 1. The second kappa shape index (κ2) is 9.65. The van der Waals surface area contributed by atoms with Gasteiger partial charge in [-0.15, -0.1) is 13.2 Å². The lowest BCUT2D eigenvalue weighted by molar-refractivity contribution is -0.274. The smallest absolute Gasteiger partial charge is 0.406 e. The Bertz CT molecular complexity index is 1010. The first-order chi connectivity index (χ1) is 14.7. The molecule has 1 heterocycles. The standard InChI is InChI=1S/C22H23F3N4O2/c1-14-6-8-16(9-7-14)12-26-20-11-19(28-21(29-20)27-15(2)13-30)17-4-3-5-18(10-17)31-22(23,24)25/h3-11,15,30H,12-13H2,1-2H3,(H2,26,27,28,29)/t15-/m1/s1. The molecule has 0 radical (unpaired) electrons. The molecular weight excluding hydrogens is 409 g/mol. The monoisotopic (exact) mass is 432 g/mol. The van der Waals surface area contributed by atoms with Crippen molar-refractivity contribution in [1.29, 1.82) is 0 Å². The van der Waals surface area contributed by atoms with Crippen LogP contribution in [-0.4, -0.2) is 34.1 Å². The fourth-order valence-electron chi connectivity index (χ4n) is 2.77. The summed E-state index contributed by atoms with van der Waals surface area (Å²) >= 11 is 0. The molecule has 0 aliphatic rings. The first-order valence-corrected chi connectivity index (χ1v) is 9.64. The van der Waals surface area contributed by atoms with E-state index in [4.69, 9.17) is 0 Å². The van der Waals surface area contributed by atoms with Gasteiger partial charge in [0.2, 0.25) is 5.95 Å². The van der Waals surface area contributed by atoms with E-state index in [2.05, 4.69) is 25.3 Å².